The van der Waals surface area contributed by atoms with Crippen LogP contribution in [0.25, 0.3) is 0 Å². The third-order valence-electron chi connectivity index (χ3n) is 5.75. The van der Waals surface area contributed by atoms with Gasteiger partial charge in [0.15, 0.2) is 4.33 Å². The Labute approximate surface area is 145 Å². The fraction of sp³-hybridized carbons (Fsp3) is 0.833. The van der Waals surface area contributed by atoms with Crippen molar-refractivity contribution in [3.8, 4) is 0 Å². The van der Waals surface area contributed by atoms with Crippen LogP contribution in [0.1, 0.15) is 6.42 Å². The maximum absolute atomic E-state index is 10.2. The Morgan fingerprint density at radius 1 is 0.800 bits per heavy atom. The second-order valence-corrected chi connectivity index (χ2v) is 9.50. The summed E-state index contributed by atoms with van der Waals surface area (Å²) in [5.74, 6) is -1.05. The summed E-state index contributed by atoms with van der Waals surface area (Å²) in [6.45, 7) is 0. The first-order valence-electron chi connectivity index (χ1n) is 6.29. The molecule has 0 saturated heterocycles. The minimum atomic E-state index is -1.58. The van der Waals surface area contributed by atoms with Crippen LogP contribution in [-0.2, 0) is 0 Å². The molecule has 4 aliphatic carbocycles. The Morgan fingerprint density at radius 2 is 1.15 bits per heavy atom. The topological polar surface area (TPSA) is 40.5 Å². The Morgan fingerprint density at radius 3 is 1.50 bits per heavy atom. The van der Waals surface area contributed by atoms with Crippen molar-refractivity contribution in [2.24, 2.45) is 23.7 Å². The van der Waals surface area contributed by atoms with E-state index >= 15 is 0 Å². The fourth-order valence-corrected chi connectivity index (χ4v) is 8.14. The fourth-order valence-electron chi connectivity index (χ4n) is 5.01. The Bertz CT molecular complexity index is 506. The first-order chi connectivity index (χ1) is 9.11. The van der Waals surface area contributed by atoms with Gasteiger partial charge in [-0.15, -0.1) is 23.2 Å². The van der Waals surface area contributed by atoms with Crippen LogP contribution < -0.4 is 0 Å². The van der Waals surface area contributed by atoms with E-state index in [-0.39, 0.29) is 33.7 Å². The number of hydrogen-bond donors (Lipinski definition) is 2. The van der Waals surface area contributed by atoms with E-state index in [1.54, 1.807) is 0 Å². The molecule has 4 rings (SSSR count). The highest BCUT2D eigenvalue weighted by Gasteiger charge is 2.87. The van der Waals surface area contributed by atoms with E-state index in [1.165, 1.54) is 0 Å². The van der Waals surface area contributed by atoms with Crippen molar-refractivity contribution in [2.75, 3.05) is 0 Å². The Balaban J connectivity index is 1.98. The van der Waals surface area contributed by atoms with Gasteiger partial charge in [-0.3, -0.25) is 0 Å². The van der Waals surface area contributed by atoms with Crippen LogP contribution in [0, 0.1) is 23.7 Å². The van der Waals surface area contributed by atoms with E-state index in [2.05, 4.69) is 0 Å². The molecule has 0 amide bonds. The second-order valence-electron chi connectivity index (χ2n) is 6.22. The summed E-state index contributed by atoms with van der Waals surface area (Å²) in [7, 11) is 0. The van der Waals surface area contributed by atoms with Gasteiger partial charge in [0.2, 0.25) is 0 Å². The molecule has 8 heteroatoms. The summed E-state index contributed by atoms with van der Waals surface area (Å²) in [6, 6.07) is 0. The summed E-state index contributed by atoms with van der Waals surface area (Å²) in [6.07, 6.45) is -1.09. The zero-order chi connectivity index (χ0) is 14.8. The molecule has 0 unspecified atom stereocenters. The molecule has 4 aliphatic rings. The molecule has 0 aromatic carbocycles. The monoisotopic (exact) mass is 396 g/mol. The van der Waals surface area contributed by atoms with Gasteiger partial charge in [0.05, 0.1) is 22.3 Å². The molecule has 3 saturated carbocycles. The van der Waals surface area contributed by atoms with Crippen molar-refractivity contribution in [3.63, 3.8) is 0 Å². The van der Waals surface area contributed by atoms with Crippen molar-refractivity contribution in [1.82, 2.24) is 0 Å². The number of halogens is 6. The van der Waals surface area contributed by atoms with Gasteiger partial charge in [0.1, 0.15) is 9.75 Å². The molecule has 0 spiro atoms. The third kappa shape index (κ3) is 1.16. The quantitative estimate of drug-likeness (QED) is 0.484. The summed E-state index contributed by atoms with van der Waals surface area (Å²) in [5.41, 5.74) is 0. The lowest BCUT2D eigenvalue weighted by Crippen LogP contribution is -2.50. The van der Waals surface area contributed by atoms with E-state index in [9.17, 15) is 10.2 Å². The number of rotatable bonds is 0. The molecule has 2 nitrogen and oxygen atoms in total. The maximum Gasteiger partial charge on any atom is 0.166 e. The van der Waals surface area contributed by atoms with E-state index in [4.69, 9.17) is 69.6 Å². The zero-order valence-electron chi connectivity index (χ0n) is 9.83. The SMILES string of the molecule is O[C@@H]1[C@H](O)[C@@H]2C[C@H]1[C@@H]1[C@H]2[C@]2(Cl)C(Cl)=C(Cl)[C@@]1(Cl)C2(Cl)Cl. The van der Waals surface area contributed by atoms with Gasteiger partial charge in [0, 0.05) is 0 Å². The molecule has 0 heterocycles. The first-order valence-corrected chi connectivity index (χ1v) is 8.56. The Hall–Kier alpha value is 1.40. The van der Waals surface area contributed by atoms with E-state index in [0.29, 0.717) is 6.42 Å². The molecule has 0 aromatic heterocycles. The molecule has 2 N–H and O–H groups in total. The number of fused-ring (bicyclic) bond motifs is 9. The molecule has 0 aliphatic heterocycles. The Kier molecular flexibility index (Phi) is 2.91. The summed E-state index contributed by atoms with van der Waals surface area (Å²) >= 11 is 39.0. The lowest BCUT2D eigenvalue weighted by atomic mass is 9.70. The molecule has 4 bridgehead atoms. The van der Waals surface area contributed by atoms with Gasteiger partial charge in [-0.25, -0.2) is 0 Å². The van der Waals surface area contributed by atoms with Crippen molar-refractivity contribution in [3.05, 3.63) is 10.1 Å². The van der Waals surface area contributed by atoms with Gasteiger partial charge < -0.3 is 10.2 Å². The summed E-state index contributed by atoms with van der Waals surface area (Å²) in [5, 5.41) is 20.6. The predicted octanol–water partition coefficient (Wildman–Crippen LogP) is 3.44. The number of alkyl halides is 4. The van der Waals surface area contributed by atoms with Crippen molar-refractivity contribution >= 4 is 69.6 Å². The third-order valence-corrected chi connectivity index (χ3v) is 10.0. The number of hydrogen-bond acceptors (Lipinski definition) is 2. The lowest BCUT2D eigenvalue weighted by molar-refractivity contribution is -0.0559. The summed E-state index contributed by atoms with van der Waals surface area (Å²) in [4.78, 5) is -2.64. The van der Waals surface area contributed by atoms with Gasteiger partial charge in [-0.2, -0.15) is 0 Å². The van der Waals surface area contributed by atoms with E-state index < -0.39 is 26.3 Å². The molecule has 3 fully saturated rings. The molecule has 112 valence electrons. The number of aliphatic hydroxyl groups excluding tert-OH is 2. The van der Waals surface area contributed by atoms with Crippen LogP contribution in [0.2, 0.25) is 0 Å². The van der Waals surface area contributed by atoms with Crippen LogP contribution in [0.4, 0.5) is 0 Å². The van der Waals surface area contributed by atoms with E-state index in [0.717, 1.165) is 0 Å². The standard InChI is InChI=1S/C12H10Cl6O2/c13-8-9(14)11(16)5-3-1-2(6(19)7(3)20)4(5)10(8,15)12(11,17)18/h2-7,19-20H,1H2/t2-,3+,4+,5-,6-,7+,10+,11-. The minimum Gasteiger partial charge on any atom is -0.390 e. The average Bonchev–Trinajstić information content (AvgIpc) is 2.97. The molecular weight excluding hydrogens is 389 g/mol. The molecule has 0 aromatic rings. The van der Waals surface area contributed by atoms with E-state index in [1.807, 2.05) is 0 Å². The molecular formula is C12H10Cl6O2. The largest absolute Gasteiger partial charge is 0.390 e. The molecule has 8 atom stereocenters. The van der Waals surface area contributed by atoms with Crippen molar-refractivity contribution < 1.29 is 10.2 Å². The average molecular weight is 399 g/mol. The second kappa shape index (κ2) is 3.89. The first kappa shape index (κ1) is 15.0. The summed E-state index contributed by atoms with van der Waals surface area (Å²) < 4.78 is -1.58. The predicted molar refractivity (Wildman–Crippen MR) is 80.9 cm³/mol. The normalized spacial score (nSPS) is 62.4. The molecule has 20 heavy (non-hydrogen) atoms. The number of allylic oxidation sites excluding steroid dienone is 2. The van der Waals surface area contributed by atoms with Crippen molar-refractivity contribution in [1.29, 1.82) is 0 Å². The van der Waals surface area contributed by atoms with Gasteiger partial charge in [-0.05, 0) is 30.1 Å². The highest BCUT2D eigenvalue weighted by atomic mass is 35.5. The number of aliphatic hydroxyl groups is 2. The smallest absolute Gasteiger partial charge is 0.166 e. The highest BCUT2D eigenvalue weighted by molar-refractivity contribution is 6.65. The van der Waals surface area contributed by atoms with Gasteiger partial charge in [-0.1, -0.05) is 46.4 Å². The van der Waals surface area contributed by atoms with Crippen LogP contribution in [-0.4, -0.2) is 36.5 Å². The van der Waals surface area contributed by atoms with Crippen LogP contribution in [0.5, 0.6) is 0 Å². The lowest BCUT2D eigenvalue weighted by Gasteiger charge is -2.42. The van der Waals surface area contributed by atoms with Crippen LogP contribution in [0.15, 0.2) is 10.1 Å². The highest BCUT2D eigenvalue weighted by Crippen LogP contribution is 2.82. The van der Waals surface area contributed by atoms with Gasteiger partial charge in [0.25, 0.3) is 0 Å². The van der Waals surface area contributed by atoms with Crippen LogP contribution in [0.3, 0.4) is 0 Å². The van der Waals surface area contributed by atoms with Crippen LogP contribution >= 0.6 is 69.6 Å². The zero-order valence-corrected chi connectivity index (χ0v) is 14.4. The molecule has 0 radical (unpaired) electrons. The van der Waals surface area contributed by atoms with Crippen molar-refractivity contribution in [2.45, 2.75) is 32.7 Å². The maximum atomic E-state index is 10.2. The van der Waals surface area contributed by atoms with Gasteiger partial charge >= 0.3 is 0 Å². The minimum absolute atomic E-state index is 0.163.